The van der Waals surface area contributed by atoms with E-state index in [1.807, 2.05) is 25.1 Å². The smallest absolute Gasteiger partial charge is 0.169 e. The molecule has 96 valence electrons. The van der Waals surface area contributed by atoms with Gasteiger partial charge in [0.1, 0.15) is 5.75 Å². The van der Waals surface area contributed by atoms with Gasteiger partial charge in [0.15, 0.2) is 11.5 Å². The van der Waals surface area contributed by atoms with Gasteiger partial charge >= 0.3 is 0 Å². The zero-order valence-electron chi connectivity index (χ0n) is 10.6. The third-order valence-electron chi connectivity index (χ3n) is 2.60. The van der Waals surface area contributed by atoms with Crippen LogP contribution < -0.4 is 9.47 Å². The number of hydrogen-bond acceptors (Lipinski definition) is 3. The van der Waals surface area contributed by atoms with E-state index in [1.165, 1.54) is 0 Å². The lowest BCUT2D eigenvalue weighted by molar-refractivity contribution is 0.378. The van der Waals surface area contributed by atoms with Gasteiger partial charge in [-0.2, -0.15) is 5.26 Å². The summed E-state index contributed by atoms with van der Waals surface area (Å²) in [6.07, 6.45) is 0. The van der Waals surface area contributed by atoms with E-state index in [2.05, 4.69) is 22.0 Å². The van der Waals surface area contributed by atoms with E-state index in [1.54, 1.807) is 25.3 Å². The molecule has 0 N–H and O–H groups in total. The van der Waals surface area contributed by atoms with Crippen LogP contribution in [0.2, 0.25) is 0 Å². The number of hydrogen-bond donors (Lipinski definition) is 0. The predicted octanol–water partition coefficient (Wildman–Crippen LogP) is 4.43. The molecule has 0 atom stereocenters. The predicted molar refractivity (Wildman–Crippen MR) is 76.7 cm³/mol. The van der Waals surface area contributed by atoms with Crippen molar-refractivity contribution in [2.45, 2.75) is 6.92 Å². The lowest BCUT2D eigenvalue weighted by Crippen LogP contribution is -1.92. The SMILES string of the molecule is COc1cc(C)ccc1Oc1ccc(C#N)cc1Br. The highest BCUT2D eigenvalue weighted by molar-refractivity contribution is 9.10. The molecule has 0 fully saturated rings. The summed E-state index contributed by atoms with van der Waals surface area (Å²) in [5.41, 5.74) is 1.68. The molecule has 2 rings (SSSR count). The lowest BCUT2D eigenvalue weighted by atomic mass is 10.2. The van der Waals surface area contributed by atoms with Crippen LogP contribution in [0.1, 0.15) is 11.1 Å². The molecule has 4 heteroatoms. The molecule has 0 unspecified atom stereocenters. The Balaban J connectivity index is 2.34. The Kier molecular flexibility index (Phi) is 4.08. The molecule has 2 aromatic rings. The van der Waals surface area contributed by atoms with Crippen LogP contribution >= 0.6 is 15.9 Å². The molecule has 0 aromatic heterocycles. The first-order valence-electron chi connectivity index (χ1n) is 5.66. The van der Waals surface area contributed by atoms with E-state index in [9.17, 15) is 0 Å². The van der Waals surface area contributed by atoms with Gasteiger partial charge in [-0.3, -0.25) is 0 Å². The van der Waals surface area contributed by atoms with E-state index in [0.717, 1.165) is 10.0 Å². The van der Waals surface area contributed by atoms with Gasteiger partial charge in [0.2, 0.25) is 0 Å². The van der Waals surface area contributed by atoms with Gasteiger partial charge in [0.25, 0.3) is 0 Å². The molecule has 0 amide bonds. The van der Waals surface area contributed by atoms with Crippen molar-refractivity contribution in [1.82, 2.24) is 0 Å². The number of benzene rings is 2. The highest BCUT2D eigenvalue weighted by Gasteiger charge is 2.08. The van der Waals surface area contributed by atoms with E-state index in [4.69, 9.17) is 14.7 Å². The van der Waals surface area contributed by atoms with Crippen LogP contribution in [0.25, 0.3) is 0 Å². The molecule has 2 aromatic carbocycles. The van der Waals surface area contributed by atoms with Crippen molar-refractivity contribution < 1.29 is 9.47 Å². The summed E-state index contributed by atoms with van der Waals surface area (Å²) < 4.78 is 11.8. The topological polar surface area (TPSA) is 42.2 Å². The molecule has 0 heterocycles. The fourth-order valence-corrected chi connectivity index (χ4v) is 2.09. The van der Waals surface area contributed by atoms with Crippen LogP contribution in [-0.4, -0.2) is 7.11 Å². The number of aryl methyl sites for hydroxylation is 1. The summed E-state index contributed by atoms with van der Waals surface area (Å²) in [5.74, 6) is 1.95. The summed E-state index contributed by atoms with van der Waals surface area (Å²) in [5, 5.41) is 8.82. The van der Waals surface area contributed by atoms with Crippen LogP contribution in [-0.2, 0) is 0 Å². The molecular weight excluding hydrogens is 306 g/mol. The van der Waals surface area contributed by atoms with E-state index < -0.39 is 0 Å². The zero-order chi connectivity index (χ0) is 13.8. The maximum Gasteiger partial charge on any atom is 0.169 e. The highest BCUT2D eigenvalue weighted by atomic mass is 79.9. The van der Waals surface area contributed by atoms with Gasteiger partial charge in [0.05, 0.1) is 23.2 Å². The second-order valence-corrected chi connectivity index (χ2v) is 4.87. The van der Waals surface area contributed by atoms with Crippen molar-refractivity contribution in [2.24, 2.45) is 0 Å². The van der Waals surface area contributed by atoms with Crippen LogP contribution in [0.4, 0.5) is 0 Å². The molecule has 0 bridgehead atoms. The third-order valence-corrected chi connectivity index (χ3v) is 3.22. The number of nitriles is 1. The van der Waals surface area contributed by atoms with Gasteiger partial charge in [-0.1, -0.05) is 6.07 Å². The summed E-state index contributed by atoms with van der Waals surface area (Å²) in [4.78, 5) is 0. The van der Waals surface area contributed by atoms with Crippen LogP contribution in [0.15, 0.2) is 40.9 Å². The summed E-state index contributed by atoms with van der Waals surface area (Å²) in [6, 6.07) is 13.0. The first kappa shape index (κ1) is 13.4. The Hall–Kier alpha value is -1.99. The van der Waals surface area contributed by atoms with Crippen molar-refractivity contribution >= 4 is 15.9 Å². The molecular formula is C15H12BrNO2. The molecule has 0 spiro atoms. The van der Waals surface area contributed by atoms with E-state index in [-0.39, 0.29) is 0 Å². The second kappa shape index (κ2) is 5.77. The van der Waals surface area contributed by atoms with Gasteiger partial charge in [-0.05, 0) is 58.7 Å². The number of halogens is 1. The number of nitrogens with zero attached hydrogens (tertiary/aromatic N) is 1. The van der Waals surface area contributed by atoms with Crippen LogP contribution in [0.5, 0.6) is 17.2 Å². The summed E-state index contributed by atoms with van der Waals surface area (Å²) in [6.45, 7) is 1.99. The van der Waals surface area contributed by atoms with Crippen molar-refractivity contribution in [3.8, 4) is 23.3 Å². The van der Waals surface area contributed by atoms with Gasteiger partial charge in [-0.15, -0.1) is 0 Å². The monoisotopic (exact) mass is 317 g/mol. The first-order chi connectivity index (χ1) is 9.13. The van der Waals surface area contributed by atoms with Gasteiger partial charge in [0, 0.05) is 0 Å². The van der Waals surface area contributed by atoms with Crippen LogP contribution in [0, 0.1) is 18.3 Å². The van der Waals surface area contributed by atoms with Gasteiger partial charge in [-0.25, -0.2) is 0 Å². The Bertz CT molecular complexity index is 647. The van der Waals surface area contributed by atoms with E-state index >= 15 is 0 Å². The molecule has 19 heavy (non-hydrogen) atoms. The minimum atomic E-state index is 0.579. The highest BCUT2D eigenvalue weighted by Crippen LogP contribution is 2.35. The fraction of sp³-hybridized carbons (Fsp3) is 0.133. The largest absolute Gasteiger partial charge is 0.493 e. The molecule has 3 nitrogen and oxygen atoms in total. The molecule has 0 radical (unpaired) electrons. The van der Waals surface area contributed by atoms with E-state index in [0.29, 0.717) is 22.8 Å². The molecule has 0 aliphatic rings. The zero-order valence-corrected chi connectivity index (χ0v) is 12.2. The van der Waals surface area contributed by atoms with Crippen molar-refractivity contribution in [3.05, 3.63) is 52.0 Å². The third kappa shape index (κ3) is 3.07. The standard InChI is InChI=1S/C15H12BrNO2/c1-10-3-5-14(15(7-10)18-2)19-13-6-4-11(9-17)8-12(13)16/h3-8H,1-2H3. The normalized spacial score (nSPS) is 9.79. The minimum absolute atomic E-state index is 0.579. The second-order valence-electron chi connectivity index (χ2n) is 4.01. The molecule has 0 saturated carbocycles. The first-order valence-corrected chi connectivity index (χ1v) is 6.45. The van der Waals surface area contributed by atoms with Crippen molar-refractivity contribution in [2.75, 3.05) is 7.11 Å². The quantitative estimate of drug-likeness (QED) is 0.841. The summed E-state index contributed by atoms with van der Waals surface area (Å²) >= 11 is 3.39. The number of methoxy groups -OCH3 is 1. The minimum Gasteiger partial charge on any atom is -0.493 e. The average molecular weight is 318 g/mol. The summed E-state index contributed by atoms with van der Waals surface area (Å²) in [7, 11) is 1.61. The van der Waals surface area contributed by atoms with Crippen molar-refractivity contribution in [3.63, 3.8) is 0 Å². The maximum absolute atomic E-state index is 8.82. The number of ether oxygens (including phenoxy) is 2. The maximum atomic E-state index is 8.82. The van der Waals surface area contributed by atoms with Crippen LogP contribution in [0.3, 0.4) is 0 Å². The molecule has 0 aliphatic carbocycles. The average Bonchev–Trinajstić information content (AvgIpc) is 2.42. The Labute approximate surface area is 120 Å². The lowest BCUT2D eigenvalue weighted by Gasteiger charge is -2.12. The Morgan fingerprint density at radius 2 is 1.79 bits per heavy atom. The Morgan fingerprint density at radius 3 is 2.42 bits per heavy atom. The molecule has 0 saturated heterocycles. The van der Waals surface area contributed by atoms with Crippen molar-refractivity contribution in [1.29, 1.82) is 5.26 Å². The number of rotatable bonds is 3. The Morgan fingerprint density at radius 1 is 1.05 bits per heavy atom. The van der Waals surface area contributed by atoms with Gasteiger partial charge < -0.3 is 9.47 Å². The molecule has 0 aliphatic heterocycles. The fourth-order valence-electron chi connectivity index (χ4n) is 1.63.